The Morgan fingerprint density at radius 2 is 1.83 bits per heavy atom. The molecule has 0 aliphatic rings. The van der Waals surface area contributed by atoms with Crippen LogP contribution in [0.3, 0.4) is 0 Å². The molecule has 0 bridgehead atoms. The molecule has 1 rings (SSSR count). The number of aliphatic hydroxyl groups excluding tert-OH is 1. The Hall–Kier alpha value is -0.840. The van der Waals surface area contributed by atoms with Gasteiger partial charge in [0.2, 0.25) is 0 Å². The van der Waals surface area contributed by atoms with Gasteiger partial charge in [0, 0.05) is 22.0 Å². The van der Waals surface area contributed by atoms with Crippen molar-refractivity contribution in [2.75, 3.05) is 12.5 Å². The van der Waals surface area contributed by atoms with E-state index in [2.05, 4.69) is 0 Å². The summed E-state index contributed by atoms with van der Waals surface area (Å²) in [5.74, 6) is -0.380. The fourth-order valence-electron chi connectivity index (χ4n) is 1.24. The van der Waals surface area contributed by atoms with Crippen LogP contribution in [-0.2, 0) is 4.79 Å². The summed E-state index contributed by atoms with van der Waals surface area (Å²) in [4.78, 5) is 11.7. The molecule has 0 radical (unpaired) electrons. The number of thioether (sulfide) groups is 2. The molecule has 18 heavy (non-hydrogen) atoms. The van der Waals surface area contributed by atoms with Gasteiger partial charge in [0.05, 0.1) is 5.02 Å². The number of rotatable bonds is 5. The molecule has 0 amide bonds. The van der Waals surface area contributed by atoms with Crippen LogP contribution in [-0.4, -0.2) is 23.4 Å². The molecule has 0 aliphatic carbocycles. The van der Waals surface area contributed by atoms with Crippen LogP contribution >= 0.6 is 35.1 Å². The summed E-state index contributed by atoms with van der Waals surface area (Å²) in [5, 5.41) is 10.3. The molecular formula is C13H13ClO2S2. The molecule has 1 aromatic rings. The van der Waals surface area contributed by atoms with Crippen molar-refractivity contribution >= 4 is 46.7 Å². The van der Waals surface area contributed by atoms with E-state index in [1.807, 2.05) is 12.5 Å². The average molecular weight is 301 g/mol. The van der Waals surface area contributed by atoms with Crippen LogP contribution < -0.4 is 0 Å². The maximum Gasteiger partial charge on any atom is 0.183 e. The number of carbonyl (C=O) groups is 1. The summed E-state index contributed by atoms with van der Waals surface area (Å²) in [6, 6.07) is 6.84. The normalized spacial score (nSPS) is 11.2. The van der Waals surface area contributed by atoms with Gasteiger partial charge in [-0.1, -0.05) is 23.7 Å². The Bertz CT molecular complexity index is 490. The monoisotopic (exact) mass is 300 g/mol. The lowest BCUT2D eigenvalue weighted by Crippen LogP contribution is -1.92. The fraction of sp³-hybridized carbons (Fsp3) is 0.154. The molecule has 0 unspecified atom stereocenters. The zero-order valence-corrected chi connectivity index (χ0v) is 12.4. The molecule has 0 atom stereocenters. The molecule has 0 saturated heterocycles. The topological polar surface area (TPSA) is 37.3 Å². The van der Waals surface area contributed by atoms with Crippen molar-refractivity contribution < 1.29 is 9.90 Å². The Balaban J connectivity index is 2.94. The Morgan fingerprint density at radius 1 is 1.22 bits per heavy atom. The second kappa shape index (κ2) is 7.56. The van der Waals surface area contributed by atoms with Gasteiger partial charge in [-0.05, 0) is 24.6 Å². The lowest BCUT2D eigenvalue weighted by Gasteiger charge is -2.02. The van der Waals surface area contributed by atoms with Crippen LogP contribution in [0.5, 0.6) is 0 Å². The molecule has 96 valence electrons. The van der Waals surface area contributed by atoms with Gasteiger partial charge in [0.15, 0.2) is 5.78 Å². The summed E-state index contributed by atoms with van der Waals surface area (Å²) >= 11 is 8.91. The zero-order valence-electron chi connectivity index (χ0n) is 10.0. The van der Waals surface area contributed by atoms with E-state index in [4.69, 9.17) is 11.6 Å². The molecule has 1 N–H and O–H groups in total. The van der Waals surface area contributed by atoms with Crippen LogP contribution in [0.1, 0.15) is 5.56 Å². The third-order valence-electron chi connectivity index (χ3n) is 2.09. The van der Waals surface area contributed by atoms with E-state index < -0.39 is 0 Å². The first-order valence-electron chi connectivity index (χ1n) is 5.07. The third kappa shape index (κ3) is 4.44. The van der Waals surface area contributed by atoms with Crippen molar-refractivity contribution in [2.45, 2.75) is 0 Å². The summed E-state index contributed by atoms with van der Waals surface area (Å²) in [6.07, 6.45) is 6.45. The van der Waals surface area contributed by atoms with E-state index in [1.165, 1.54) is 35.7 Å². The number of allylic oxidation sites excluding steroid dienone is 2. The van der Waals surface area contributed by atoms with Crippen LogP contribution in [0.15, 0.2) is 40.7 Å². The first kappa shape index (κ1) is 15.2. The SMILES string of the molecule is CSC(=CC(=O)/C=C(\O)c1ccccc1Cl)SC. The molecule has 2 nitrogen and oxygen atoms in total. The van der Waals surface area contributed by atoms with E-state index in [-0.39, 0.29) is 11.5 Å². The van der Waals surface area contributed by atoms with Crippen molar-refractivity contribution in [3.63, 3.8) is 0 Å². The van der Waals surface area contributed by atoms with Crippen molar-refractivity contribution in [1.82, 2.24) is 0 Å². The minimum atomic E-state index is -0.258. The predicted molar refractivity (Wildman–Crippen MR) is 82.2 cm³/mol. The van der Waals surface area contributed by atoms with Crippen molar-refractivity contribution in [1.29, 1.82) is 0 Å². The van der Waals surface area contributed by atoms with E-state index in [0.29, 0.717) is 10.6 Å². The third-order valence-corrected chi connectivity index (χ3v) is 4.46. The summed E-state index contributed by atoms with van der Waals surface area (Å²) in [7, 11) is 0. The Labute approximate surface area is 120 Å². The first-order chi connectivity index (χ1) is 8.58. The molecule has 0 aliphatic heterocycles. The lowest BCUT2D eigenvalue weighted by atomic mass is 10.1. The first-order valence-corrected chi connectivity index (χ1v) is 7.90. The molecule has 0 fully saturated rings. The van der Waals surface area contributed by atoms with Gasteiger partial charge in [0.1, 0.15) is 5.76 Å². The standard InChI is InChI=1S/C13H13ClO2S2/c1-17-13(18-2)8-9(15)7-12(16)10-5-3-4-6-11(10)14/h3-8,16H,1-2H3/b12-7-. The molecular weight excluding hydrogens is 288 g/mol. The quantitative estimate of drug-likeness (QED) is 0.647. The second-order valence-corrected chi connectivity index (χ2v) is 5.65. The zero-order chi connectivity index (χ0) is 13.5. The molecule has 0 spiro atoms. The minimum absolute atomic E-state index is 0.122. The number of aliphatic hydroxyl groups is 1. The van der Waals surface area contributed by atoms with Crippen LogP contribution in [0.25, 0.3) is 5.76 Å². The van der Waals surface area contributed by atoms with Crippen LogP contribution in [0.2, 0.25) is 5.02 Å². The van der Waals surface area contributed by atoms with Crippen LogP contribution in [0, 0.1) is 0 Å². The average Bonchev–Trinajstić information content (AvgIpc) is 2.36. The van der Waals surface area contributed by atoms with Gasteiger partial charge >= 0.3 is 0 Å². The molecule has 5 heteroatoms. The largest absolute Gasteiger partial charge is 0.507 e. The number of hydrogen-bond donors (Lipinski definition) is 1. The van der Waals surface area contributed by atoms with Crippen molar-refractivity contribution in [2.24, 2.45) is 0 Å². The highest BCUT2D eigenvalue weighted by atomic mass is 35.5. The van der Waals surface area contributed by atoms with Gasteiger partial charge in [0.25, 0.3) is 0 Å². The Kier molecular flexibility index (Phi) is 6.39. The molecule has 0 aromatic heterocycles. The number of halogens is 1. The number of ketones is 1. The Morgan fingerprint density at radius 3 is 2.39 bits per heavy atom. The molecule has 0 heterocycles. The molecule has 0 saturated carbocycles. The van der Waals surface area contributed by atoms with E-state index >= 15 is 0 Å². The van der Waals surface area contributed by atoms with Crippen molar-refractivity contribution in [3.8, 4) is 0 Å². The lowest BCUT2D eigenvalue weighted by molar-refractivity contribution is -0.110. The maximum absolute atomic E-state index is 11.7. The van der Waals surface area contributed by atoms with Crippen LogP contribution in [0.4, 0.5) is 0 Å². The van der Waals surface area contributed by atoms with Crippen molar-refractivity contribution in [3.05, 3.63) is 51.2 Å². The number of carbonyl (C=O) groups excluding carboxylic acids is 1. The smallest absolute Gasteiger partial charge is 0.183 e. The maximum atomic E-state index is 11.7. The highest BCUT2D eigenvalue weighted by Crippen LogP contribution is 2.24. The summed E-state index contributed by atoms with van der Waals surface area (Å²) in [6.45, 7) is 0. The highest BCUT2D eigenvalue weighted by Gasteiger charge is 2.06. The van der Waals surface area contributed by atoms with E-state index in [9.17, 15) is 9.90 Å². The summed E-state index contributed by atoms with van der Waals surface area (Å²) < 4.78 is 0.892. The number of hydrogen-bond acceptors (Lipinski definition) is 4. The van der Waals surface area contributed by atoms with E-state index in [0.717, 1.165) is 4.24 Å². The minimum Gasteiger partial charge on any atom is -0.507 e. The number of benzene rings is 1. The summed E-state index contributed by atoms with van der Waals surface area (Å²) in [5.41, 5.74) is 0.454. The van der Waals surface area contributed by atoms with Gasteiger partial charge < -0.3 is 5.11 Å². The molecule has 1 aromatic carbocycles. The fourth-order valence-corrected chi connectivity index (χ4v) is 2.61. The van der Waals surface area contributed by atoms with E-state index in [1.54, 1.807) is 24.3 Å². The van der Waals surface area contributed by atoms with Gasteiger partial charge in [-0.15, -0.1) is 23.5 Å². The van der Waals surface area contributed by atoms with Gasteiger partial charge in [-0.2, -0.15) is 0 Å². The predicted octanol–water partition coefficient (Wildman–Crippen LogP) is 4.38. The van der Waals surface area contributed by atoms with Gasteiger partial charge in [-0.25, -0.2) is 0 Å². The highest BCUT2D eigenvalue weighted by molar-refractivity contribution is 8.21. The van der Waals surface area contributed by atoms with Gasteiger partial charge in [-0.3, -0.25) is 4.79 Å². The second-order valence-electron chi connectivity index (χ2n) is 3.28.